The van der Waals surface area contributed by atoms with Crippen LogP contribution < -0.4 is 0 Å². The van der Waals surface area contributed by atoms with Crippen molar-refractivity contribution in [2.24, 2.45) is 0 Å². The van der Waals surface area contributed by atoms with Gasteiger partial charge in [0.1, 0.15) is 0 Å². The van der Waals surface area contributed by atoms with Gasteiger partial charge in [-0.25, -0.2) is 9.78 Å². The van der Waals surface area contributed by atoms with Crippen LogP contribution in [0.3, 0.4) is 0 Å². The number of carbonyl (C=O) groups excluding carboxylic acids is 1. The summed E-state index contributed by atoms with van der Waals surface area (Å²) in [6, 6.07) is 4.25. The van der Waals surface area contributed by atoms with Crippen molar-refractivity contribution in [3.63, 3.8) is 0 Å². The lowest BCUT2D eigenvalue weighted by atomic mass is 9.99. The van der Waals surface area contributed by atoms with Gasteiger partial charge in [0.2, 0.25) is 5.01 Å². The smallest absolute Gasteiger partial charge is 0.367 e. The summed E-state index contributed by atoms with van der Waals surface area (Å²) in [7, 11) is 1.37. The average molecular weight is 261 g/mol. The molecule has 4 heteroatoms. The molecule has 3 nitrogen and oxygen atoms in total. The molecule has 0 spiro atoms. The Labute approximate surface area is 110 Å². The van der Waals surface area contributed by atoms with E-state index in [9.17, 15) is 4.79 Å². The zero-order valence-corrected chi connectivity index (χ0v) is 11.7. The molecule has 0 atom stereocenters. The number of methoxy groups -OCH3 is 1. The van der Waals surface area contributed by atoms with E-state index in [1.807, 2.05) is 5.38 Å². The quantitative estimate of drug-likeness (QED) is 0.776. The van der Waals surface area contributed by atoms with Crippen LogP contribution in [0.5, 0.6) is 0 Å². The van der Waals surface area contributed by atoms with Crippen molar-refractivity contribution in [1.29, 1.82) is 0 Å². The van der Waals surface area contributed by atoms with E-state index in [-0.39, 0.29) is 5.97 Å². The third kappa shape index (κ3) is 2.29. The molecule has 94 valence electrons. The Morgan fingerprint density at radius 3 is 2.50 bits per heavy atom. The number of hydrogen-bond donors (Lipinski definition) is 0. The molecule has 0 bridgehead atoms. The average Bonchev–Trinajstić information content (AvgIpc) is 2.82. The number of benzene rings is 1. The molecule has 2 rings (SSSR count). The minimum atomic E-state index is -0.382. The van der Waals surface area contributed by atoms with Gasteiger partial charge in [0, 0.05) is 10.9 Å². The minimum absolute atomic E-state index is 0.382. The Morgan fingerprint density at radius 1 is 1.17 bits per heavy atom. The lowest BCUT2D eigenvalue weighted by Gasteiger charge is -2.07. The fraction of sp³-hybridized carbons (Fsp3) is 0.286. The van der Waals surface area contributed by atoms with Crippen LogP contribution >= 0.6 is 11.3 Å². The highest BCUT2D eigenvalue weighted by molar-refractivity contribution is 7.11. The van der Waals surface area contributed by atoms with Crippen LogP contribution in [0.1, 0.15) is 26.5 Å². The summed E-state index contributed by atoms with van der Waals surface area (Å²) in [5, 5.41) is 2.29. The molecule has 18 heavy (non-hydrogen) atoms. The number of aryl methyl sites for hydroxylation is 3. The van der Waals surface area contributed by atoms with Gasteiger partial charge in [-0.05, 0) is 43.5 Å². The van der Waals surface area contributed by atoms with Gasteiger partial charge in [-0.15, -0.1) is 11.3 Å². The van der Waals surface area contributed by atoms with E-state index in [0.29, 0.717) is 5.01 Å². The molecule has 0 unspecified atom stereocenters. The van der Waals surface area contributed by atoms with Gasteiger partial charge < -0.3 is 4.74 Å². The zero-order chi connectivity index (χ0) is 13.3. The molecular formula is C14H15NO2S. The second kappa shape index (κ2) is 4.90. The molecule has 0 amide bonds. The normalized spacial score (nSPS) is 10.4. The number of thiazole rings is 1. The highest BCUT2D eigenvalue weighted by Gasteiger charge is 2.13. The summed E-state index contributed by atoms with van der Waals surface area (Å²) in [6.07, 6.45) is 0. The van der Waals surface area contributed by atoms with Crippen molar-refractivity contribution in [3.05, 3.63) is 39.2 Å². The van der Waals surface area contributed by atoms with Crippen LogP contribution in [0, 0.1) is 20.8 Å². The summed E-state index contributed by atoms with van der Waals surface area (Å²) in [5.74, 6) is -0.382. The Kier molecular flexibility index (Phi) is 3.48. The number of rotatable bonds is 2. The second-order valence-electron chi connectivity index (χ2n) is 4.28. The van der Waals surface area contributed by atoms with Crippen LogP contribution in [0.4, 0.5) is 0 Å². The monoisotopic (exact) mass is 261 g/mol. The first-order valence-electron chi connectivity index (χ1n) is 5.65. The van der Waals surface area contributed by atoms with Gasteiger partial charge in [0.15, 0.2) is 0 Å². The van der Waals surface area contributed by atoms with Gasteiger partial charge in [-0.3, -0.25) is 0 Å². The van der Waals surface area contributed by atoms with Crippen LogP contribution in [0.15, 0.2) is 17.5 Å². The van der Waals surface area contributed by atoms with E-state index < -0.39 is 0 Å². The predicted octanol–water partition coefficient (Wildman–Crippen LogP) is 3.52. The van der Waals surface area contributed by atoms with Crippen molar-refractivity contribution < 1.29 is 9.53 Å². The maximum Gasteiger partial charge on any atom is 0.367 e. The molecule has 0 aliphatic rings. The van der Waals surface area contributed by atoms with Crippen molar-refractivity contribution in [1.82, 2.24) is 4.98 Å². The maximum absolute atomic E-state index is 11.4. The summed E-state index contributed by atoms with van der Waals surface area (Å²) in [4.78, 5) is 15.7. The molecular weight excluding hydrogens is 246 g/mol. The molecule has 0 saturated carbocycles. The summed E-state index contributed by atoms with van der Waals surface area (Å²) >= 11 is 1.31. The van der Waals surface area contributed by atoms with E-state index in [4.69, 9.17) is 0 Å². The molecule has 1 aromatic carbocycles. The van der Waals surface area contributed by atoms with Gasteiger partial charge in [-0.1, -0.05) is 6.07 Å². The molecule has 0 N–H and O–H groups in total. The zero-order valence-electron chi connectivity index (χ0n) is 10.9. The highest BCUT2D eigenvalue weighted by Crippen LogP contribution is 2.27. The van der Waals surface area contributed by atoms with Gasteiger partial charge >= 0.3 is 5.97 Å². The molecule has 0 aliphatic carbocycles. The SMILES string of the molecule is COC(=O)c1nc(-c2cc(C)c(C)cc2C)cs1. The third-order valence-electron chi connectivity index (χ3n) is 2.98. The van der Waals surface area contributed by atoms with E-state index in [1.54, 1.807) is 0 Å². The van der Waals surface area contributed by atoms with E-state index >= 15 is 0 Å². The molecule has 1 heterocycles. The Morgan fingerprint density at radius 2 is 1.83 bits per heavy atom. The molecule has 2 aromatic rings. The minimum Gasteiger partial charge on any atom is -0.464 e. The highest BCUT2D eigenvalue weighted by atomic mass is 32.1. The number of esters is 1. The van der Waals surface area contributed by atoms with Gasteiger partial charge in [-0.2, -0.15) is 0 Å². The molecule has 0 radical (unpaired) electrons. The van der Waals surface area contributed by atoms with Crippen LogP contribution in [-0.4, -0.2) is 18.1 Å². The van der Waals surface area contributed by atoms with Crippen LogP contribution in [0.2, 0.25) is 0 Å². The molecule has 1 aromatic heterocycles. The predicted molar refractivity (Wildman–Crippen MR) is 73.1 cm³/mol. The summed E-state index contributed by atoms with van der Waals surface area (Å²) in [6.45, 7) is 6.22. The summed E-state index contributed by atoms with van der Waals surface area (Å²) in [5.41, 5.74) is 5.56. The maximum atomic E-state index is 11.4. The first-order chi connectivity index (χ1) is 8.52. The van der Waals surface area contributed by atoms with Crippen molar-refractivity contribution >= 4 is 17.3 Å². The second-order valence-corrected chi connectivity index (χ2v) is 5.14. The lowest BCUT2D eigenvalue weighted by molar-refractivity contribution is 0.0600. The number of carbonyl (C=O) groups is 1. The van der Waals surface area contributed by atoms with E-state index in [2.05, 4.69) is 42.6 Å². The Balaban J connectivity index is 2.46. The first kappa shape index (κ1) is 12.8. The molecule has 0 saturated heterocycles. The van der Waals surface area contributed by atoms with Crippen LogP contribution in [0.25, 0.3) is 11.3 Å². The lowest BCUT2D eigenvalue weighted by Crippen LogP contribution is -2.00. The number of hydrogen-bond acceptors (Lipinski definition) is 4. The summed E-state index contributed by atoms with van der Waals surface area (Å²) < 4.78 is 4.67. The fourth-order valence-electron chi connectivity index (χ4n) is 1.81. The number of nitrogens with zero attached hydrogens (tertiary/aromatic N) is 1. The molecule has 0 aliphatic heterocycles. The number of aromatic nitrogens is 1. The van der Waals surface area contributed by atoms with Crippen molar-refractivity contribution in [2.75, 3.05) is 7.11 Å². The van der Waals surface area contributed by atoms with Crippen molar-refractivity contribution in [2.45, 2.75) is 20.8 Å². The standard InChI is InChI=1S/C14H15NO2S/c1-8-5-10(3)11(6-9(8)2)12-7-18-13(15-12)14(16)17-4/h5-7H,1-4H3. The molecule has 0 fully saturated rings. The largest absolute Gasteiger partial charge is 0.464 e. The number of ether oxygens (including phenoxy) is 1. The topological polar surface area (TPSA) is 39.2 Å². The van der Waals surface area contributed by atoms with Gasteiger partial charge in [0.25, 0.3) is 0 Å². The first-order valence-corrected chi connectivity index (χ1v) is 6.53. The van der Waals surface area contributed by atoms with Crippen molar-refractivity contribution in [3.8, 4) is 11.3 Å². The Bertz CT molecular complexity index is 602. The van der Waals surface area contributed by atoms with Gasteiger partial charge in [0.05, 0.1) is 12.8 Å². The third-order valence-corrected chi connectivity index (χ3v) is 3.80. The Hall–Kier alpha value is -1.68. The fourth-order valence-corrected chi connectivity index (χ4v) is 2.55. The van der Waals surface area contributed by atoms with Crippen LogP contribution in [-0.2, 0) is 4.74 Å². The van der Waals surface area contributed by atoms with E-state index in [0.717, 1.165) is 11.3 Å². The van der Waals surface area contributed by atoms with E-state index in [1.165, 1.54) is 35.1 Å².